The van der Waals surface area contributed by atoms with E-state index in [2.05, 4.69) is 9.97 Å². The molecular formula is C10H10ClN3. The molecule has 0 aliphatic carbocycles. The van der Waals surface area contributed by atoms with E-state index in [0.29, 0.717) is 5.02 Å². The quantitative estimate of drug-likeness (QED) is 0.719. The summed E-state index contributed by atoms with van der Waals surface area (Å²) in [6.07, 6.45) is 3.45. The third-order valence-electron chi connectivity index (χ3n) is 2.02. The lowest BCUT2D eigenvalue weighted by Crippen LogP contribution is -2.10. The minimum Gasteiger partial charge on any atom is -0.363 e. The summed E-state index contributed by atoms with van der Waals surface area (Å²) in [5.74, 6) is 0.882. The first-order valence-corrected chi connectivity index (χ1v) is 4.64. The molecule has 2 aromatic rings. The van der Waals surface area contributed by atoms with Crippen LogP contribution in [0.3, 0.4) is 0 Å². The van der Waals surface area contributed by atoms with E-state index in [0.717, 1.165) is 16.7 Å². The fourth-order valence-electron chi connectivity index (χ4n) is 1.24. The molecule has 0 unspecified atom stereocenters. The second kappa shape index (κ2) is 3.42. The summed E-state index contributed by atoms with van der Waals surface area (Å²) < 4.78 is 0. The van der Waals surface area contributed by atoms with E-state index in [1.807, 2.05) is 25.1 Å². The Labute approximate surface area is 87.3 Å². The van der Waals surface area contributed by atoms with Crippen LogP contribution in [0.5, 0.6) is 0 Å². The third-order valence-corrected chi connectivity index (χ3v) is 2.35. The molecule has 2 heterocycles. The van der Waals surface area contributed by atoms with E-state index in [4.69, 9.17) is 11.6 Å². The highest BCUT2D eigenvalue weighted by atomic mass is 35.5. The number of anilines is 1. The van der Waals surface area contributed by atoms with Crippen molar-refractivity contribution in [3.63, 3.8) is 0 Å². The molecule has 0 atom stereocenters. The molecule has 14 heavy (non-hydrogen) atoms. The highest BCUT2D eigenvalue weighted by molar-refractivity contribution is 6.35. The summed E-state index contributed by atoms with van der Waals surface area (Å²) in [5.41, 5.74) is 0.871. The van der Waals surface area contributed by atoms with Crippen LogP contribution in [0.25, 0.3) is 10.9 Å². The molecule has 0 saturated carbocycles. The number of aromatic nitrogens is 2. The minimum absolute atomic E-state index is 0.688. The standard InChI is InChI=1S/C10H10ClN3/c1-14(2)10-5-9-7(6-13-10)8(11)3-4-12-9/h3-6H,1-2H3. The van der Waals surface area contributed by atoms with Crippen molar-refractivity contribution in [3.05, 3.63) is 29.5 Å². The van der Waals surface area contributed by atoms with Gasteiger partial charge in [0.2, 0.25) is 0 Å². The Kier molecular flexibility index (Phi) is 2.25. The highest BCUT2D eigenvalue weighted by Gasteiger charge is 2.02. The van der Waals surface area contributed by atoms with Crippen LogP contribution in [0, 0.1) is 0 Å². The Morgan fingerprint density at radius 3 is 2.79 bits per heavy atom. The van der Waals surface area contributed by atoms with Gasteiger partial charge in [-0.05, 0) is 6.07 Å². The number of hydrogen-bond donors (Lipinski definition) is 0. The Hall–Kier alpha value is -1.35. The summed E-state index contributed by atoms with van der Waals surface area (Å²) >= 11 is 6.00. The molecule has 0 radical (unpaired) electrons. The zero-order chi connectivity index (χ0) is 10.1. The van der Waals surface area contributed by atoms with Crippen molar-refractivity contribution >= 4 is 28.3 Å². The maximum Gasteiger partial charge on any atom is 0.130 e. The predicted octanol–water partition coefficient (Wildman–Crippen LogP) is 2.35. The van der Waals surface area contributed by atoms with Gasteiger partial charge in [0.05, 0.1) is 10.5 Å². The normalized spacial score (nSPS) is 10.5. The lowest BCUT2D eigenvalue weighted by molar-refractivity contribution is 1.07. The lowest BCUT2D eigenvalue weighted by Gasteiger charge is -2.11. The molecule has 0 fully saturated rings. The molecule has 0 aliphatic rings. The Morgan fingerprint density at radius 1 is 1.29 bits per heavy atom. The van der Waals surface area contributed by atoms with Gasteiger partial charge >= 0.3 is 0 Å². The van der Waals surface area contributed by atoms with Gasteiger partial charge in [-0.2, -0.15) is 0 Å². The van der Waals surface area contributed by atoms with Gasteiger partial charge in [0.15, 0.2) is 0 Å². The number of halogens is 1. The van der Waals surface area contributed by atoms with E-state index in [-0.39, 0.29) is 0 Å². The van der Waals surface area contributed by atoms with Crippen molar-refractivity contribution in [1.82, 2.24) is 9.97 Å². The SMILES string of the molecule is CN(C)c1cc2nccc(Cl)c2cn1. The highest BCUT2D eigenvalue weighted by Crippen LogP contribution is 2.22. The van der Waals surface area contributed by atoms with Gasteiger partial charge in [0.1, 0.15) is 5.82 Å². The molecule has 0 bridgehead atoms. The fourth-order valence-corrected chi connectivity index (χ4v) is 1.44. The van der Waals surface area contributed by atoms with Crippen LogP contribution >= 0.6 is 11.6 Å². The molecule has 2 aromatic heterocycles. The average Bonchev–Trinajstić information content (AvgIpc) is 2.17. The van der Waals surface area contributed by atoms with Crippen LogP contribution in [-0.4, -0.2) is 24.1 Å². The number of hydrogen-bond acceptors (Lipinski definition) is 3. The van der Waals surface area contributed by atoms with E-state index in [1.54, 1.807) is 18.5 Å². The number of nitrogens with zero attached hydrogens (tertiary/aromatic N) is 3. The number of fused-ring (bicyclic) bond motifs is 1. The average molecular weight is 208 g/mol. The summed E-state index contributed by atoms with van der Waals surface area (Å²) in [4.78, 5) is 10.4. The van der Waals surface area contributed by atoms with Crippen LogP contribution in [0.4, 0.5) is 5.82 Å². The molecule has 0 aliphatic heterocycles. The van der Waals surface area contributed by atoms with Gasteiger partial charge in [-0.15, -0.1) is 0 Å². The Bertz CT molecular complexity index is 468. The third kappa shape index (κ3) is 1.51. The van der Waals surface area contributed by atoms with Crippen LogP contribution < -0.4 is 4.90 Å². The van der Waals surface area contributed by atoms with Crippen molar-refractivity contribution in [2.45, 2.75) is 0 Å². The fraction of sp³-hybridized carbons (Fsp3) is 0.200. The van der Waals surface area contributed by atoms with Gasteiger partial charge in [-0.1, -0.05) is 11.6 Å². The van der Waals surface area contributed by atoms with Gasteiger partial charge in [0.25, 0.3) is 0 Å². The zero-order valence-corrected chi connectivity index (χ0v) is 8.78. The molecule has 0 aromatic carbocycles. The van der Waals surface area contributed by atoms with E-state index in [1.165, 1.54) is 0 Å². The molecule has 3 nitrogen and oxygen atoms in total. The van der Waals surface area contributed by atoms with Crippen LogP contribution in [0.2, 0.25) is 5.02 Å². The molecule has 72 valence electrons. The first-order valence-electron chi connectivity index (χ1n) is 4.26. The van der Waals surface area contributed by atoms with E-state index >= 15 is 0 Å². The van der Waals surface area contributed by atoms with E-state index in [9.17, 15) is 0 Å². The van der Waals surface area contributed by atoms with Crippen LogP contribution in [-0.2, 0) is 0 Å². The van der Waals surface area contributed by atoms with Gasteiger partial charge in [0, 0.05) is 37.9 Å². The Balaban J connectivity index is 2.67. The minimum atomic E-state index is 0.688. The summed E-state index contributed by atoms with van der Waals surface area (Å²) in [6, 6.07) is 3.68. The number of pyridine rings is 2. The maximum atomic E-state index is 6.00. The zero-order valence-electron chi connectivity index (χ0n) is 8.03. The molecule has 2 rings (SSSR count). The van der Waals surface area contributed by atoms with Crippen LogP contribution in [0.15, 0.2) is 24.5 Å². The van der Waals surface area contributed by atoms with Gasteiger partial charge < -0.3 is 4.90 Å². The van der Waals surface area contributed by atoms with Gasteiger partial charge in [-0.25, -0.2) is 4.98 Å². The molecule has 4 heteroatoms. The monoisotopic (exact) mass is 207 g/mol. The van der Waals surface area contributed by atoms with Crippen molar-refractivity contribution in [3.8, 4) is 0 Å². The molecule has 0 saturated heterocycles. The topological polar surface area (TPSA) is 29.0 Å². The van der Waals surface area contributed by atoms with Crippen LogP contribution in [0.1, 0.15) is 0 Å². The second-order valence-electron chi connectivity index (χ2n) is 3.25. The number of rotatable bonds is 1. The molecule has 0 N–H and O–H groups in total. The largest absolute Gasteiger partial charge is 0.363 e. The molecule has 0 spiro atoms. The van der Waals surface area contributed by atoms with E-state index < -0.39 is 0 Å². The van der Waals surface area contributed by atoms with Gasteiger partial charge in [-0.3, -0.25) is 4.98 Å². The summed E-state index contributed by atoms with van der Waals surface area (Å²) in [5, 5.41) is 1.58. The lowest BCUT2D eigenvalue weighted by atomic mass is 10.2. The summed E-state index contributed by atoms with van der Waals surface area (Å²) in [6.45, 7) is 0. The Morgan fingerprint density at radius 2 is 2.07 bits per heavy atom. The molecule has 0 amide bonds. The first-order chi connectivity index (χ1) is 6.68. The van der Waals surface area contributed by atoms with Crippen molar-refractivity contribution < 1.29 is 0 Å². The maximum absolute atomic E-state index is 6.00. The van der Waals surface area contributed by atoms with Crippen molar-refractivity contribution in [2.75, 3.05) is 19.0 Å². The predicted molar refractivity (Wildman–Crippen MR) is 58.9 cm³/mol. The summed E-state index contributed by atoms with van der Waals surface area (Å²) in [7, 11) is 3.89. The second-order valence-corrected chi connectivity index (χ2v) is 3.65. The first kappa shape index (κ1) is 9.21. The van der Waals surface area contributed by atoms with Crippen molar-refractivity contribution in [1.29, 1.82) is 0 Å². The van der Waals surface area contributed by atoms with Crippen molar-refractivity contribution in [2.24, 2.45) is 0 Å². The smallest absolute Gasteiger partial charge is 0.130 e. The molecular weight excluding hydrogens is 198 g/mol.